The highest BCUT2D eigenvalue weighted by Gasteiger charge is 2.27. The molecule has 1 aromatic heterocycles. The Morgan fingerprint density at radius 2 is 2.03 bits per heavy atom. The third-order valence-corrected chi connectivity index (χ3v) is 6.67. The molecular formula is C21H35IN4O2S. The molecule has 1 N–H and O–H groups in total. The summed E-state index contributed by atoms with van der Waals surface area (Å²) < 4.78 is 5.17. The second-order valence-electron chi connectivity index (χ2n) is 7.54. The molecule has 8 heteroatoms. The Kier molecular flexibility index (Phi) is 10.7. The number of aryl methyl sites for hydroxylation is 3. The number of nitrogens with zero attached hydrogens (tertiary/aromatic N) is 3. The number of piperidine rings is 1. The van der Waals surface area contributed by atoms with Gasteiger partial charge >= 0.3 is 5.97 Å². The minimum Gasteiger partial charge on any atom is -0.466 e. The number of thiazole rings is 1. The summed E-state index contributed by atoms with van der Waals surface area (Å²) in [6, 6.07) is 0. The summed E-state index contributed by atoms with van der Waals surface area (Å²) in [4.78, 5) is 25.4. The van der Waals surface area contributed by atoms with Gasteiger partial charge in [-0.1, -0.05) is 0 Å². The zero-order valence-corrected chi connectivity index (χ0v) is 20.9. The molecule has 164 valence electrons. The molecular weight excluding hydrogens is 499 g/mol. The first-order valence-corrected chi connectivity index (χ1v) is 11.7. The quantitative estimate of drug-likeness (QED) is 0.190. The zero-order valence-electron chi connectivity index (χ0n) is 17.7. The zero-order chi connectivity index (χ0) is 19.8. The number of likely N-dealkylation sites (tertiary alicyclic amines) is 1. The van der Waals surface area contributed by atoms with Gasteiger partial charge in [0.2, 0.25) is 0 Å². The van der Waals surface area contributed by atoms with E-state index in [1.807, 2.05) is 18.3 Å². The van der Waals surface area contributed by atoms with Crippen LogP contribution in [-0.4, -0.2) is 54.6 Å². The van der Waals surface area contributed by atoms with Crippen molar-refractivity contribution in [3.63, 3.8) is 0 Å². The fourth-order valence-electron chi connectivity index (χ4n) is 3.94. The van der Waals surface area contributed by atoms with Gasteiger partial charge < -0.3 is 15.0 Å². The molecule has 1 saturated heterocycles. The van der Waals surface area contributed by atoms with E-state index >= 15 is 0 Å². The number of carbonyl (C=O) groups excluding carboxylic acids is 1. The third kappa shape index (κ3) is 7.08. The highest BCUT2D eigenvalue weighted by molar-refractivity contribution is 14.0. The Morgan fingerprint density at radius 3 is 2.72 bits per heavy atom. The first-order chi connectivity index (χ1) is 13.7. The predicted octanol–water partition coefficient (Wildman–Crippen LogP) is 3.81. The number of guanidine groups is 1. The Balaban J connectivity index is 0.00000300. The first kappa shape index (κ1) is 24.4. The van der Waals surface area contributed by atoms with Gasteiger partial charge in [-0.2, -0.15) is 0 Å². The summed E-state index contributed by atoms with van der Waals surface area (Å²) in [7, 11) is 0. The average Bonchev–Trinajstić information content (AvgIpc) is 3.13. The van der Waals surface area contributed by atoms with Gasteiger partial charge in [0.05, 0.1) is 23.2 Å². The fraction of sp³-hybridized carbons (Fsp3) is 0.762. The number of esters is 1. The van der Waals surface area contributed by atoms with Crippen molar-refractivity contribution >= 4 is 47.2 Å². The van der Waals surface area contributed by atoms with Crippen LogP contribution in [0.15, 0.2) is 4.99 Å². The maximum Gasteiger partial charge on any atom is 0.309 e. The Hall–Kier alpha value is -0.900. The minimum absolute atomic E-state index is 0. The van der Waals surface area contributed by atoms with Gasteiger partial charge in [-0.15, -0.1) is 35.3 Å². The number of halogens is 1. The average molecular weight is 535 g/mol. The number of hydrogen-bond donors (Lipinski definition) is 1. The lowest BCUT2D eigenvalue weighted by atomic mass is 9.97. The summed E-state index contributed by atoms with van der Waals surface area (Å²) in [5, 5.41) is 4.69. The van der Waals surface area contributed by atoms with Crippen LogP contribution in [0.3, 0.4) is 0 Å². The topological polar surface area (TPSA) is 66.8 Å². The molecule has 6 nitrogen and oxygen atoms in total. The van der Waals surface area contributed by atoms with Crippen molar-refractivity contribution in [1.82, 2.24) is 15.2 Å². The van der Waals surface area contributed by atoms with Crippen molar-refractivity contribution in [2.75, 3.05) is 32.8 Å². The van der Waals surface area contributed by atoms with Gasteiger partial charge in [-0.25, -0.2) is 4.98 Å². The molecule has 1 fully saturated rings. The lowest BCUT2D eigenvalue weighted by Gasteiger charge is -2.33. The molecule has 0 atom stereocenters. The first-order valence-electron chi connectivity index (χ1n) is 10.9. The summed E-state index contributed by atoms with van der Waals surface area (Å²) in [5.74, 6) is 0.966. The monoisotopic (exact) mass is 534 g/mol. The smallest absolute Gasteiger partial charge is 0.309 e. The minimum atomic E-state index is -0.0461. The number of aromatic nitrogens is 1. The SMILES string of the molecule is CCNC(=NCCCc1nc2c(s1)CCCC2)N1CCC(C(=O)OCC)CC1.I. The standard InChI is InChI=1S/C21H34N4O2S.HI/c1-3-22-21(25-14-11-16(12-15-25)20(26)27-4-2)23-13-7-10-19-24-17-8-5-6-9-18(17)28-19;/h16H,3-15H2,1-2H3,(H,22,23);1H. The lowest BCUT2D eigenvalue weighted by molar-refractivity contribution is -0.149. The molecule has 0 unspecified atom stereocenters. The van der Waals surface area contributed by atoms with Crippen molar-refractivity contribution in [1.29, 1.82) is 0 Å². The van der Waals surface area contributed by atoms with Crippen LogP contribution in [0.1, 0.15) is 61.5 Å². The van der Waals surface area contributed by atoms with Crippen molar-refractivity contribution in [2.24, 2.45) is 10.9 Å². The van der Waals surface area contributed by atoms with Crippen LogP contribution in [-0.2, 0) is 28.8 Å². The summed E-state index contributed by atoms with van der Waals surface area (Å²) in [6.45, 7) is 7.80. The molecule has 0 spiro atoms. The molecule has 0 bridgehead atoms. The molecule has 0 radical (unpaired) electrons. The van der Waals surface area contributed by atoms with E-state index in [-0.39, 0.29) is 35.9 Å². The number of ether oxygens (including phenoxy) is 1. The second-order valence-corrected chi connectivity index (χ2v) is 8.71. The van der Waals surface area contributed by atoms with Crippen LogP contribution in [0, 0.1) is 5.92 Å². The van der Waals surface area contributed by atoms with E-state index in [1.54, 1.807) is 0 Å². The van der Waals surface area contributed by atoms with Crippen molar-refractivity contribution < 1.29 is 9.53 Å². The summed E-state index contributed by atoms with van der Waals surface area (Å²) in [5.41, 5.74) is 1.35. The number of aliphatic imine (C=N–C) groups is 1. The van der Waals surface area contributed by atoms with E-state index in [1.165, 1.54) is 34.8 Å². The molecule has 0 aromatic carbocycles. The maximum atomic E-state index is 11.9. The molecule has 29 heavy (non-hydrogen) atoms. The number of carbonyl (C=O) groups is 1. The molecule has 2 heterocycles. The Morgan fingerprint density at radius 1 is 1.28 bits per heavy atom. The Bertz CT molecular complexity index is 648. The highest BCUT2D eigenvalue weighted by Crippen LogP contribution is 2.27. The van der Waals surface area contributed by atoms with Gasteiger partial charge in [0.1, 0.15) is 0 Å². The van der Waals surface area contributed by atoms with E-state index in [9.17, 15) is 4.79 Å². The van der Waals surface area contributed by atoms with Gasteiger partial charge in [0.25, 0.3) is 0 Å². The van der Waals surface area contributed by atoms with Crippen LogP contribution >= 0.6 is 35.3 Å². The number of nitrogens with one attached hydrogen (secondary N) is 1. The van der Waals surface area contributed by atoms with Crippen LogP contribution in [0.2, 0.25) is 0 Å². The van der Waals surface area contributed by atoms with E-state index < -0.39 is 0 Å². The van der Waals surface area contributed by atoms with Crippen LogP contribution in [0.25, 0.3) is 0 Å². The largest absolute Gasteiger partial charge is 0.466 e. The van der Waals surface area contributed by atoms with Crippen molar-refractivity contribution in [2.45, 2.75) is 65.2 Å². The maximum absolute atomic E-state index is 11.9. The van der Waals surface area contributed by atoms with Crippen molar-refractivity contribution in [3.8, 4) is 0 Å². The number of hydrogen-bond acceptors (Lipinski definition) is 5. The summed E-state index contributed by atoms with van der Waals surface area (Å²) in [6.07, 6.45) is 8.72. The second kappa shape index (κ2) is 12.7. The van der Waals surface area contributed by atoms with Crippen LogP contribution < -0.4 is 5.32 Å². The van der Waals surface area contributed by atoms with E-state index in [4.69, 9.17) is 14.7 Å². The van der Waals surface area contributed by atoms with E-state index in [0.717, 1.165) is 64.2 Å². The summed E-state index contributed by atoms with van der Waals surface area (Å²) >= 11 is 1.91. The van der Waals surface area contributed by atoms with Gasteiger partial charge in [0, 0.05) is 37.5 Å². The van der Waals surface area contributed by atoms with E-state index in [0.29, 0.717) is 6.61 Å². The molecule has 3 rings (SSSR count). The molecule has 1 aliphatic heterocycles. The molecule has 1 aromatic rings. The number of fused-ring (bicyclic) bond motifs is 1. The van der Waals surface area contributed by atoms with Gasteiger partial charge in [0.15, 0.2) is 5.96 Å². The fourth-order valence-corrected chi connectivity index (χ4v) is 5.14. The van der Waals surface area contributed by atoms with Gasteiger partial charge in [-0.05, 0) is 58.8 Å². The normalized spacial score (nSPS) is 17.4. The van der Waals surface area contributed by atoms with Gasteiger partial charge in [-0.3, -0.25) is 9.79 Å². The van der Waals surface area contributed by atoms with E-state index in [2.05, 4.69) is 17.1 Å². The molecule has 0 saturated carbocycles. The Labute approximate surface area is 195 Å². The molecule has 2 aliphatic rings. The highest BCUT2D eigenvalue weighted by atomic mass is 127. The molecule has 0 amide bonds. The lowest BCUT2D eigenvalue weighted by Crippen LogP contribution is -2.46. The van der Waals surface area contributed by atoms with Crippen molar-refractivity contribution in [3.05, 3.63) is 15.6 Å². The molecule has 1 aliphatic carbocycles. The third-order valence-electron chi connectivity index (χ3n) is 5.45. The van der Waals surface area contributed by atoms with Crippen LogP contribution in [0.4, 0.5) is 0 Å². The number of rotatable bonds is 7. The predicted molar refractivity (Wildman–Crippen MR) is 129 cm³/mol. The van der Waals surface area contributed by atoms with Crippen LogP contribution in [0.5, 0.6) is 0 Å².